The largest absolute Gasteiger partial charge is 0.494 e. The molecule has 0 spiro atoms. The maximum Gasteiger partial charge on any atom is 0.232 e. The van der Waals surface area contributed by atoms with Crippen LogP contribution in [-0.2, 0) is 21.4 Å². The number of methoxy groups -OCH3 is 2. The van der Waals surface area contributed by atoms with Gasteiger partial charge in [-0.2, -0.15) is 0 Å². The summed E-state index contributed by atoms with van der Waals surface area (Å²) in [5.41, 5.74) is 1.41. The van der Waals surface area contributed by atoms with Gasteiger partial charge in [0.25, 0.3) is 0 Å². The predicted molar refractivity (Wildman–Crippen MR) is 120 cm³/mol. The summed E-state index contributed by atoms with van der Waals surface area (Å²) in [6.07, 6.45) is 1.75. The molecule has 0 fully saturated rings. The van der Waals surface area contributed by atoms with Gasteiger partial charge in [0, 0.05) is 19.5 Å². The maximum absolute atomic E-state index is 12.2. The molecule has 1 amide bonds. The minimum atomic E-state index is -3.48. The number of hydrogen-bond acceptors (Lipinski definition) is 6. The van der Waals surface area contributed by atoms with Gasteiger partial charge in [-0.05, 0) is 55.3 Å². The smallest absolute Gasteiger partial charge is 0.232 e. The van der Waals surface area contributed by atoms with E-state index in [0.29, 0.717) is 42.5 Å². The van der Waals surface area contributed by atoms with Crippen LogP contribution in [0.5, 0.6) is 17.2 Å². The van der Waals surface area contributed by atoms with E-state index in [4.69, 9.17) is 14.2 Å². The van der Waals surface area contributed by atoms with Crippen LogP contribution in [0.4, 0.5) is 5.69 Å². The number of rotatable bonds is 12. The summed E-state index contributed by atoms with van der Waals surface area (Å²) in [5, 5.41) is 2.84. The molecule has 0 unspecified atom stereocenters. The first-order valence-electron chi connectivity index (χ1n) is 9.96. The first-order chi connectivity index (χ1) is 14.8. The molecular formula is C22H30N2O6S. The zero-order valence-corrected chi connectivity index (χ0v) is 19.2. The Bertz CT molecular complexity index is 960. The molecule has 2 aromatic carbocycles. The average molecular weight is 451 g/mol. The molecule has 0 atom stereocenters. The van der Waals surface area contributed by atoms with Crippen molar-refractivity contribution in [2.75, 3.05) is 37.9 Å². The molecule has 0 aliphatic heterocycles. The van der Waals surface area contributed by atoms with Crippen molar-refractivity contribution < 1.29 is 27.4 Å². The van der Waals surface area contributed by atoms with E-state index in [1.54, 1.807) is 50.6 Å². The fourth-order valence-corrected chi connectivity index (χ4v) is 3.99. The summed E-state index contributed by atoms with van der Waals surface area (Å²) in [5.74, 6) is 1.73. The molecule has 0 aliphatic rings. The first-order valence-corrected chi connectivity index (χ1v) is 11.8. The third-order valence-electron chi connectivity index (χ3n) is 4.54. The van der Waals surface area contributed by atoms with Crippen LogP contribution in [0, 0.1) is 0 Å². The van der Waals surface area contributed by atoms with E-state index in [0.717, 1.165) is 11.8 Å². The van der Waals surface area contributed by atoms with Gasteiger partial charge < -0.3 is 19.5 Å². The van der Waals surface area contributed by atoms with Gasteiger partial charge in [0.15, 0.2) is 11.5 Å². The Morgan fingerprint density at radius 3 is 2.29 bits per heavy atom. The van der Waals surface area contributed by atoms with Crippen molar-refractivity contribution in [3.63, 3.8) is 0 Å². The predicted octanol–water partition coefficient (Wildman–Crippen LogP) is 2.97. The van der Waals surface area contributed by atoms with E-state index in [-0.39, 0.29) is 18.9 Å². The molecule has 0 radical (unpaired) electrons. The fraction of sp³-hybridized carbons (Fsp3) is 0.409. The summed E-state index contributed by atoms with van der Waals surface area (Å²) < 4.78 is 41.6. The Morgan fingerprint density at radius 2 is 1.71 bits per heavy atom. The molecule has 2 aromatic rings. The highest BCUT2D eigenvalue weighted by Gasteiger charge is 2.17. The van der Waals surface area contributed by atoms with Crippen LogP contribution < -0.4 is 23.8 Å². The van der Waals surface area contributed by atoms with Crippen molar-refractivity contribution in [1.82, 2.24) is 5.32 Å². The van der Waals surface area contributed by atoms with Crippen molar-refractivity contribution in [1.29, 1.82) is 0 Å². The number of amides is 1. The summed E-state index contributed by atoms with van der Waals surface area (Å²) in [4.78, 5) is 12.2. The molecule has 2 rings (SSSR count). The summed E-state index contributed by atoms with van der Waals surface area (Å²) in [6.45, 7) is 2.96. The van der Waals surface area contributed by atoms with E-state index in [9.17, 15) is 13.2 Å². The molecule has 0 aliphatic carbocycles. The lowest BCUT2D eigenvalue weighted by Crippen LogP contribution is -2.32. The van der Waals surface area contributed by atoms with Crippen LogP contribution in [0.15, 0.2) is 42.5 Å². The number of nitrogens with one attached hydrogen (secondary N) is 1. The zero-order chi connectivity index (χ0) is 22.9. The molecule has 9 heteroatoms. The number of carbonyl (C=O) groups excluding carboxylic acids is 1. The van der Waals surface area contributed by atoms with Crippen molar-refractivity contribution in [2.45, 2.75) is 26.3 Å². The van der Waals surface area contributed by atoms with Gasteiger partial charge in [0.1, 0.15) is 5.75 Å². The second kappa shape index (κ2) is 11.5. The number of hydrogen-bond donors (Lipinski definition) is 1. The lowest BCUT2D eigenvalue weighted by Gasteiger charge is -2.22. The molecule has 31 heavy (non-hydrogen) atoms. The Hall–Kier alpha value is -2.94. The minimum Gasteiger partial charge on any atom is -0.494 e. The normalized spacial score (nSPS) is 11.0. The fourth-order valence-electron chi connectivity index (χ4n) is 3.02. The van der Waals surface area contributed by atoms with Gasteiger partial charge >= 0.3 is 0 Å². The maximum atomic E-state index is 12.2. The van der Waals surface area contributed by atoms with E-state index in [1.165, 1.54) is 4.31 Å². The van der Waals surface area contributed by atoms with Gasteiger partial charge in [-0.25, -0.2) is 8.42 Å². The van der Waals surface area contributed by atoms with Crippen LogP contribution in [0.1, 0.15) is 25.3 Å². The SMILES string of the molecule is CCOc1ccc(N(CCCC(=O)NCc2ccc(OC)c(OC)c2)S(C)(=O)=O)cc1. The molecular weight excluding hydrogens is 420 g/mol. The van der Waals surface area contributed by atoms with E-state index in [2.05, 4.69) is 5.32 Å². The van der Waals surface area contributed by atoms with Gasteiger partial charge in [-0.15, -0.1) is 0 Å². The topological polar surface area (TPSA) is 94.2 Å². The summed E-state index contributed by atoms with van der Waals surface area (Å²) in [7, 11) is -0.360. The standard InChI is InChI=1S/C22H30N2O6S/c1-5-30-19-11-9-18(10-12-19)24(31(4,26)27)14-6-7-22(25)23-16-17-8-13-20(28-2)21(15-17)29-3/h8-13,15H,5-7,14,16H2,1-4H3,(H,23,25). The molecule has 1 N–H and O–H groups in total. The molecule has 0 heterocycles. The van der Waals surface area contributed by atoms with Crippen LogP contribution in [-0.4, -0.2) is 48.0 Å². The first kappa shape index (κ1) is 24.3. The third kappa shape index (κ3) is 7.36. The van der Waals surface area contributed by atoms with Crippen LogP contribution >= 0.6 is 0 Å². The highest BCUT2D eigenvalue weighted by molar-refractivity contribution is 7.92. The number of nitrogens with zero attached hydrogens (tertiary/aromatic N) is 1. The van der Waals surface area contributed by atoms with Crippen molar-refractivity contribution >= 4 is 21.6 Å². The summed E-state index contributed by atoms with van der Waals surface area (Å²) in [6, 6.07) is 12.3. The lowest BCUT2D eigenvalue weighted by molar-refractivity contribution is -0.121. The number of carbonyl (C=O) groups is 1. The van der Waals surface area contributed by atoms with Crippen molar-refractivity contribution in [3.8, 4) is 17.2 Å². The van der Waals surface area contributed by atoms with E-state index >= 15 is 0 Å². The Balaban J connectivity index is 1.89. The number of ether oxygens (including phenoxy) is 3. The molecule has 0 saturated heterocycles. The Morgan fingerprint density at radius 1 is 1.03 bits per heavy atom. The van der Waals surface area contributed by atoms with Crippen molar-refractivity contribution in [3.05, 3.63) is 48.0 Å². The van der Waals surface area contributed by atoms with Crippen molar-refractivity contribution in [2.24, 2.45) is 0 Å². The molecule has 8 nitrogen and oxygen atoms in total. The number of sulfonamides is 1. The highest BCUT2D eigenvalue weighted by Crippen LogP contribution is 2.27. The zero-order valence-electron chi connectivity index (χ0n) is 18.4. The monoisotopic (exact) mass is 450 g/mol. The molecule has 0 bridgehead atoms. The third-order valence-corrected chi connectivity index (χ3v) is 5.73. The Kier molecular flexibility index (Phi) is 8.99. The molecule has 170 valence electrons. The second-order valence-corrected chi connectivity index (χ2v) is 8.74. The number of benzene rings is 2. The average Bonchev–Trinajstić information content (AvgIpc) is 2.75. The van der Waals surface area contributed by atoms with Gasteiger partial charge in [0.05, 0.1) is 32.8 Å². The van der Waals surface area contributed by atoms with E-state index in [1.807, 2.05) is 13.0 Å². The minimum absolute atomic E-state index is 0.157. The lowest BCUT2D eigenvalue weighted by atomic mass is 10.2. The Labute approximate surface area is 184 Å². The van der Waals surface area contributed by atoms with Crippen LogP contribution in [0.25, 0.3) is 0 Å². The number of anilines is 1. The molecule has 0 aromatic heterocycles. The van der Waals surface area contributed by atoms with E-state index < -0.39 is 10.0 Å². The van der Waals surface area contributed by atoms with Gasteiger partial charge in [-0.3, -0.25) is 9.10 Å². The van der Waals surface area contributed by atoms with Gasteiger partial charge in [-0.1, -0.05) is 6.07 Å². The van der Waals surface area contributed by atoms with Gasteiger partial charge in [0.2, 0.25) is 15.9 Å². The van der Waals surface area contributed by atoms with Crippen LogP contribution in [0.3, 0.4) is 0 Å². The quantitative estimate of drug-likeness (QED) is 0.534. The van der Waals surface area contributed by atoms with Crippen LogP contribution in [0.2, 0.25) is 0 Å². The second-order valence-electron chi connectivity index (χ2n) is 6.83. The highest BCUT2D eigenvalue weighted by atomic mass is 32.2. The molecule has 0 saturated carbocycles. The summed E-state index contributed by atoms with van der Waals surface area (Å²) >= 11 is 0.